The van der Waals surface area contributed by atoms with Gasteiger partial charge in [0.1, 0.15) is 11.9 Å². The van der Waals surface area contributed by atoms with Gasteiger partial charge < -0.3 is 4.74 Å². The number of hydrogen-bond acceptors (Lipinski definition) is 1. The van der Waals surface area contributed by atoms with Crippen molar-refractivity contribution in [2.24, 2.45) is 29.6 Å². The highest BCUT2D eigenvalue weighted by Crippen LogP contribution is 2.48. The number of ether oxygens (including phenoxy) is 1. The maximum absolute atomic E-state index is 6.55. The van der Waals surface area contributed by atoms with Crippen molar-refractivity contribution in [3.05, 3.63) is 54.3 Å². The van der Waals surface area contributed by atoms with Gasteiger partial charge in [0.25, 0.3) is 0 Å². The molecule has 3 rings (SSSR count). The van der Waals surface area contributed by atoms with E-state index in [2.05, 4.69) is 57.7 Å². The fourth-order valence-corrected chi connectivity index (χ4v) is 5.14. The van der Waals surface area contributed by atoms with Crippen molar-refractivity contribution in [1.82, 2.24) is 0 Å². The smallest absolute Gasteiger partial charge is 0.112 e. The minimum Gasteiger partial charge on any atom is -0.490 e. The molecule has 1 nitrogen and oxygen atoms in total. The first-order valence-corrected chi connectivity index (χ1v) is 10.1. The Hall–Kier alpha value is -1.50. The summed E-state index contributed by atoms with van der Waals surface area (Å²) in [4.78, 5) is 0. The lowest BCUT2D eigenvalue weighted by molar-refractivity contribution is -0.00306. The highest BCUT2D eigenvalue weighted by atomic mass is 16.5. The van der Waals surface area contributed by atoms with Crippen molar-refractivity contribution < 1.29 is 4.74 Å². The van der Waals surface area contributed by atoms with Crippen LogP contribution in [0.25, 0.3) is 6.08 Å². The lowest BCUT2D eigenvalue weighted by atomic mass is 9.79. The first kappa shape index (κ1) is 18.3. The third-order valence-corrected chi connectivity index (χ3v) is 6.56. The van der Waals surface area contributed by atoms with Gasteiger partial charge in [0.2, 0.25) is 0 Å². The van der Waals surface area contributed by atoms with Crippen LogP contribution >= 0.6 is 0 Å². The molecule has 136 valence electrons. The van der Waals surface area contributed by atoms with E-state index in [-0.39, 0.29) is 0 Å². The highest BCUT2D eigenvalue weighted by molar-refractivity contribution is 5.51. The fourth-order valence-electron chi connectivity index (χ4n) is 5.14. The summed E-state index contributed by atoms with van der Waals surface area (Å²) in [5, 5.41) is 0. The third kappa shape index (κ3) is 4.37. The van der Waals surface area contributed by atoms with E-state index in [1.807, 2.05) is 12.1 Å². The summed E-state index contributed by atoms with van der Waals surface area (Å²) in [5.41, 5.74) is 1.20. The summed E-state index contributed by atoms with van der Waals surface area (Å²) in [7, 11) is 0. The monoisotopic (exact) mass is 338 g/mol. The lowest BCUT2D eigenvalue weighted by Gasteiger charge is -2.35. The van der Waals surface area contributed by atoms with Crippen molar-refractivity contribution in [1.29, 1.82) is 0 Å². The average molecular weight is 339 g/mol. The van der Waals surface area contributed by atoms with Crippen molar-refractivity contribution in [2.75, 3.05) is 0 Å². The van der Waals surface area contributed by atoms with Gasteiger partial charge in [0, 0.05) is 0 Å². The van der Waals surface area contributed by atoms with Gasteiger partial charge in [-0.2, -0.15) is 0 Å². The molecule has 0 radical (unpaired) electrons. The second-order valence-corrected chi connectivity index (χ2v) is 8.51. The van der Waals surface area contributed by atoms with Crippen LogP contribution in [0.1, 0.15) is 58.4 Å². The molecule has 2 aliphatic carbocycles. The van der Waals surface area contributed by atoms with E-state index in [1.54, 1.807) is 0 Å². The van der Waals surface area contributed by atoms with E-state index in [1.165, 1.54) is 37.7 Å². The fraction of sp³-hybridized carbons (Fsp3) is 0.583. The number of fused-ring (bicyclic) bond motifs is 1. The minimum absolute atomic E-state index is 0.338. The van der Waals surface area contributed by atoms with Gasteiger partial charge in [-0.3, -0.25) is 0 Å². The maximum atomic E-state index is 6.55. The lowest BCUT2D eigenvalue weighted by Crippen LogP contribution is -2.35. The summed E-state index contributed by atoms with van der Waals surface area (Å²) in [6.07, 6.45) is 11.2. The Bertz CT molecular complexity index is 585. The first-order chi connectivity index (χ1) is 12.1. The van der Waals surface area contributed by atoms with Crippen LogP contribution in [0.3, 0.4) is 0 Å². The van der Waals surface area contributed by atoms with Gasteiger partial charge in [0.05, 0.1) is 0 Å². The zero-order chi connectivity index (χ0) is 17.8. The molecule has 2 fully saturated rings. The quantitative estimate of drug-likeness (QED) is 0.428. The second kappa shape index (κ2) is 8.25. The molecule has 0 N–H and O–H groups in total. The second-order valence-electron chi connectivity index (χ2n) is 8.51. The Morgan fingerprint density at radius 3 is 2.52 bits per heavy atom. The maximum Gasteiger partial charge on any atom is 0.112 e. The molecule has 0 aromatic heterocycles. The van der Waals surface area contributed by atoms with Crippen molar-refractivity contribution in [3.8, 4) is 0 Å². The first-order valence-electron chi connectivity index (χ1n) is 10.1. The average Bonchev–Trinajstić information content (AvgIpc) is 3.04. The van der Waals surface area contributed by atoms with Crippen LogP contribution in [-0.4, -0.2) is 6.10 Å². The van der Waals surface area contributed by atoms with E-state index in [0.29, 0.717) is 23.9 Å². The van der Waals surface area contributed by atoms with Gasteiger partial charge in [0.15, 0.2) is 0 Å². The van der Waals surface area contributed by atoms with Gasteiger partial charge >= 0.3 is 0 Å². The van der Waals surface area contributed by atoms with Gasteiger partial charge in [-0.05, 0) is 60.5 Å². The molecule has 0 spiro atoms. The van der Waals surface area contributed by atoms with Crippen LogP contribution < -0.4 is 0 Å². The van der Waals surface area contributed by atoms with E-state index >= 15 is 0 Å². The van der Waals surface area contributed by atoms with Crippen LogP contribution in [0.15, 0.2) is 48.7 Å². The van der Waals surface area contributed by atoms with E-state index in [4.69, 9.17) is 4.74 Å². The Morgan fingerprint density at radius 2 is 1.80 bits per heavy atom. The molecule has 1 aromatic rings. The van der Waals surface area contributed by atoms with E-state index in [9.17, 15) is 0 Å². The van der Waals surface area contributed by atoms with Crippen LogP contribution in [0.2, 0.25) is 0 Å². The molecule has 0 saturated heterocycles. The number of benzene rings is 1. The highest BCUT2D eigenvalue weighted by Gasteiger charge is 2.44. The molecule has 1 aromatic carbocycles. The van der Waals surface area contributed by atoms with Gasteiger partial charge in [-0.25, -0.2) is 0 Å². The van der Waals surface area contributed by atoms with Crippen LogP contribution in [0, 0.1) is 29.6 Å². The normalized spacial score (nSPS) is 32.6. The summed E-state index contributed by atoms with van der Waals surface area (Å²) in [6, 6.07) is 10.4. The molecule has 0 bridgehead atoms. The topological polar surface area (TPSA) is 9.23 Å². The summed E-state index contributed by atoms with van der Waals surface area (Å²) in [5.74, 6) is 4.54. The molecule has 25 heavy (non-hydrogen) atoms. The number of allylic oxidation sites excluding steroid dienone is 1. The third-order valence-electron chi connectivity index (χ3n) is 6.56. The zero-order valence-corrected chi connectivity index (χ0v) is 16.2. The Balaban J connectivity index is 1.74. The number of hydrogen-bond donors (Lipinski definition) is 0. The van der Waals surface area contributed by atoms with Gasteiger partial charge in [-0.1, -0.05) is 76.6 Å². The predicted molar refractivity (Wildman–Crippen MR) is 107 cm³/mol. The van der Waals surface area contributed by atoms with Crippen LogP contribution in [0.5, 0.6) is 0 Å². The summed E-state index contributed by atoms with van der Waals surface area (Å²) in [6.45, 7) is 11.4. The van der Waals surface area contributed by atoms with E-state index in [0.717, 1.165) is 17.6 Å². The summed E-state index contributed by atoms with van der Waals surface area (Å²) >= 11 is 0. The largest absolute Gasteiger partial charge is 0.490 e. The molecular weight excluding hydrogens is 304 g/mol. The number of rotatable bonds is 5. The molecule has 5 unspecified atom stereocenters. The molecule has 0 heterocycles. The minimum atomic E-state index is 0.338. The molecular formula is C24H34O. The Morgan fingerprint density at radius 1 is 1.08 bits per heavy atom. The molecule has 2 aliphatic rings. The van der Waals surface area contributed by atoms with Crippen LogP contribution in [-0.2, 0) is 4.74 Å². The Labute approximate surface area is 154 Å². The summed E-state index contributed by atoms with van der Waals surface area (Å²) < 4.78 is 6.55. The SMILES string of the molecule is C=C(/C=C/c1ccccc1)OC1C(C(C)C)CCC(C)C2CCCC21. The van der Waals surface area contributed by atoms with Crippen molar-refractivity contribution in [2.45, 2.75) is 59.0 Å². The molecule has 2 saturated carbocycles. The van der Waals surface area contributed by atoms with Crippen molar-refractivity contribution >= 4 is 6.08 Å². The standard InChI is InChI=1S/C24H34O/c1-17(2)21-16-13-18(3)22-11-8-12-23(22)24(21)25-19(4)14-15-20-9-6-5-7-10-20/h5-7,9-10,14-15,17-18,21-24H,4,8,11-13,16H2,1-3H3/b15-14+. The van der Waals surface area contributed by atoms with Gasteiger partial charge in [-0.15, -0.1) is 0 Å². The van der Waals surface area contributed by atoms with Crippen molar-refractivity contribution in [3.63, 3.8) is 0 Å². The molecule has 1 heteroatoms. The molecule has 5 atom stereocenters. The predicted octanol–water partition coefficient (Wildman–Crippen LogP) is 6.72. The molecule has 0 amide bonds. The Kier molecular flexibility index (Phi) is 6.04. The van der Waals surface area contributed by atoms with E-state index < -0.39 is 0 Å². The zero-order valence-electron chi connectivity index (χ0n) is 16.2. The molecule has 0 aliphatic heterocycles. The van der Waals surface area contributed by atoms with Crippen LogP contribution in [0.4, 0.5) is 0 Å².